The summed E-state index contributed by atoms with van der Waals surface area (Å²) in [7, 11) is 0. The van der Waals surface area contributed by atoms with Gasteiger partial charge in [0.25, 0.3) is 0 Å². The Morgan fingerprint density at radius 3 is 1.09 bits per heavy atom. The standard InChI is InChI=1S/C24H12N6S3/c1-4-16-22(25-7-1)31-19(28-16)13-10-14(20-29-17-5-2-8-26-23(17)32-20)12-15(11-13)21-30-18-6-3-9-27-24(18)33-21/h1-12H. The minimum absolute atomic E-state index is 0.901. The van der Waals surface area contributed by atoms with Crippen LogP contribution in [0.3, 0.4) is 0 Å². The van der Waals surface area contributed by atoms with Crippen LogP contribution in [0.4, 0.5) is 0 Å². The molecule has 0 aliphatic rings. The SMILES string of the molecule is c1cnc2sc(-c3cc(-c4nc5cccnc5s4)cc(-c4nc5cccnc5s4)c3)nc2c1. The number of fused-ring (bicyclic) bond motifs is 3. The van der Waals surface area contributed by atoms with Crippen molar-refractivity contribution in [2.24, 2.45) is 0 Å². The predicted octanol–water partition coefficient (Wildman–Crippen LogP) is 6.70. The smallest absolute Gasteiger partial charge is 0.143 e. The molecule has 7 rings (SSSR count). The summed E-state index contributed by atoms with van der Waals surface area (Å²) in [6, 6.07) is 18.1. The number of thiazole rings is 3. The summed E-state index contributed by atoms with van der Waals surface area (Å²) in [5.41, 5.74) is 5.76. The Morgan fingerprint density at radius 2 is 0.788 bits per heavy atom. The van der Waals surface area contributed by atoms with Crippen molar-refractivity contribution in [3.8, 4) is 31.7 Å². The lowest BCUT2D eigenvalue weighted by Gasteiger charge is -2.05. The van der Waals surface area contributed by atoms with Crippen LogP contribution in [0.15, 0.2) is 73.2 Å². The van der Waals surface area contributed by atoms with Gasteiger partial charge in [-0.2, -0.15) is 0 Å². The fourth-order valence-electron chi connectivity index (χ4n) is 3.68. The van der Waals surface area contributed by atoms with Crippen LogP contribution in [-0.2, 0) is 0 Å². The van der Waals surface area contributed by atoms with E-state index in [1.807, 2.05) is 36.4 Å². The lowest BCUT2D eigenvalue weighted by Crippen LogP contribution is -1.85. The molecule has 33 heavy (non-hydrogen) atoms. The van der Waals surface area contributed by atoms with Gasteiger partial charge in [-0.15, -0.1) is 0 Å². The first kappa shape index (κ1) is 18.9. The molecule has 7 aromatic rings. The minimum Gasteiger partial charge on any atom is -0.244 e. The van der Waals surface area contributed by atoms with Crippen molar-refractivity contribution in [3.05, 3.63) is 73.2 Å². The minimum atomic E-state index is 0.901. The van der Waals surface area contributed by atoms with Crippen LogP contribution in [0.2, 0.25) is 0 Å². The Morgan fingerprint density at radius 1 is 0.455 bits per heavy atom. The van der Waals surface area contributed by atoms with E-state index >= 15 is 0 Å². The zero-order valence-electron chi connectivity index (χ0n) is 16.8. The Bertz CT molecular complexity index is 1480. The van der Waals surface area contributed by atoms with Crippen molar-refractivity contribution in [1.29, 1.82) is 0 Å². The Hall–Kier alpha value is -3.66. The van der Waals surface area contributed by atoms with Gasteiger partial charge in [0.1, 0.15) is 46.1 Å². The van der Waals surface area contributed by atoms with Gasteiger partial charge in [-0.3, -0.25) is 0 Å². The van der Waals surface area contributed by atoms with Gasteiger partial charge in [0.05, 0.1) is 0 Å². The zero-order chi connectivity index (χ0) is 21.8. The Labute approximate surface area is 199 Å². The molecular weight excluding hydrogens is 469 g/mol. The monoisotopic (exact) mass is 480 g/mol. The number of nitrogens with zero attached hydrogens (tertiary/aromatic N) is 6. The van der Waals surface area contributed by atoms with Gasteiger partial charge in [-0.1, -0.05) is 34.0 Å². The molecule has 0 bridgehead atoms. The predicted molar refractivity (Wildman–Crippen MR) is 136 cm³/mol. The lowest BCUT2D eigenvalue weighted by molar-refractivity contribution is 1.39. The fourth-order valence-corrected chi connectivity index (χ4v) is 6.36. The van der Waals surface area contributed by atoms with E-state index < -0.39 is 0 Å². The molecule has 0 radical (unpaired) electrons. The van der Waals surface area contributed by atoms with E-state index in [1.54, 1.807) is 52.6 Å². The maximum absolute atomic E-state index is 4.84. The number of hydrogen-bond donors (Lipinski definition) is 0. The topological polar surface area (TPSA) is 77.3 Å². The molecule has 0 N–H and O–H groups in total. The van der Waals surface area contributed by atoms with Gasteiger partial charge in [0.15, 0.2) is 0 Å². The van der Waals surface area contributed by atoms with Crippen LogP contribution in [0, 0.1) is 0 Å². The third-order valence-corrected chi connectivity index (χ3v) is 8.26. The Kier molecular flexibility index (Phi) is 4.26. The maximum Gasteiger partial charge on any atom is 0.143 e. The molecule has 0 atom stereocenters. The molecule has 0 amide bonds. The summed E-state index contributed by atoms with van der Waals surface area (Å²) in [4.78, 5) is 30.7. The lowest BCUT2D eigenvalue weighted by atomic mass is 10.1. The summed E-state index contributed by atoms with van der Waals surface area (Å²) < 4.78 is 0. The van der Waals surface area contributed by atoms with E-state index in [1.165, 1.54) is 0 Å². The molecular formula is C24H12N6S3. The maximum atomic E-state index is 4.84. The van der Waals surface area contributed by atoms with Gasteiger partial charge < -0.3 is 0 Å². The highest BCUT2D eigenvalue weighted by atomic mass is 32.1. The van der Waals surface area contributed by atoms with Crippen molar-refractivity contribution in [3.63, 3.8) is 0 Å². The first-order chi connectivity index (χ1) is 16.3. The van der Waals surface area contributed by atoms with Crippen molar-refractivity contribution < 1.29 is 0 Å². The summed E-state index contributed by atoms with van der Waals surface area (Å²) in [5, 5.41) is 2.76. The number of aromatic nitrogens is 6. The number of pyridine rings is 3. The van der Waals surface area contributed by atoms with Gasteiger partial charge in [0, 0.05) is 35.3 Å². The summed E-state index contributed by atoms with van der Waals surface area (Å²) in [6.07, 6.45) is 5.40. The molecule has 1 aromatic carbocycles. The van der Waals surface area contributed by atoms with Gasteiger partial charge in [-0.05, 0) is 54.6 Å². The molecule has 6 aromatic heterocycles. The van der Waals surface area contributed by atoms with Crippen LogP contribution in [0.1, 0.15) is 0 Å². The van der Waals surface area contributed by atoms with Crippen LogP contribution >= 0.6 is 34.0 Å². The number of benzene rings is 1. The van der Waals surface area contributed by atoms with E-state index in [2.05, 4.69) is 33.2 Å². The van der Waals surface area contributed by atoms with E-state index in [0.717, 1.165) is 62.8 Å². The van der Waals surface area contributed by atoms with E-state index in [4.69, 9.17) is 15.0 Å². The third kappa shape index (κ3) is 3.29. The van der Waals surface area contributed by atoms with Crippen LogP contribution in [0.5, 0.6) is 0 Å². The molecule has 0 unspecified atom stereocenters. The first-order valence-electron chi connectivity index (χ1n) is 10.1. The highest BCUT2D eigenvalue weighted by Gasteiger charge is 2.16. The van der Waals surface area contributed by atoms with E-state index in [9.17, 15) is 0 Å². The molecule has 6 heterocycles. The second-order valence-corrected chi connectivity index (χ2v) is 10.3. The molecule has 6 nitrogen and oxygen atoms in total. The highest BCUT2D eigenvalue weighted by Crippen LogP contribution is 2.39. The average molecular weight is 481 g/mol. The average Bonchev–Trinajstić information content (AvgIpc) is 3.59. The number of hydrogen-bond acceptors (Lipinski definition) is 9. The van der Waals surface area contributed by atoms with Gasteiger partial charge >= 0.3 is 0 Å². The zero-order valence-corrected chi connectivity index (χ0v) is 19.3. The normalized spacial score (nSPS) is 11.6. The second-order valence-electron chi connectivity index (χ2n) is 7.34. The molecule has 0 spiro atoms. The molecule has 0 fully saturated rings. The fraction of sp³-hybridized carbons (Fsp3) is 0. The summed E-state index contributed by atoms with van der Waals surface area (Å²) in [5.74, 6) is 0. The van der Waals surface area contributed by atoms with Crippen molar-refractivity contribution >= 4 is 65.1 Å². The summed E-state index contributed by atoms with van der Waals surface area (Å²) >= 11 is 4.76. The third-order valence-electron chi connectivity index (χ3n) is 5.17. The first-order valence-corrected chi connectivity index (χ1v) is 12.6. The van der Waals surface area contributed by atoms with Crippen molar-refractivity contribution in [2.45, 2.75) is 0 Å². The van der Waals surface area contributed by atoms with Crippen LogP contribution in [-0.4, -0.2) is 29.9 Å². The molecule has 9 heteroatoms. The second kappa shape index (κ2) is 7.45. The largest absolute Gasteiger partial charge is 0.244 e. The molecule has 0 aliphatic carbocycles. The molecule has 156 valence electrons. The molecule has 0 saturated carbocycles. The summed E-state index contributed by atoms with van der Waals surface area (Å²) in [6.45, 7) is 0. The van der Waals surface area contributed by atoms with Gasteiger partial charge in [0.2, 0.25) is 0 Å². The quantitative estimate of drug-likeness (QED) is 0.280. The number of rotatable bonds is 3. The van der Waals surface area contributed by atoms with Crippen molar-refractivity contribution in [2.75, 3.05) is 0 Å². The van der Waals surface area contributed by atoms with E-state index in [0.29, 0.717) is 0 Å². The van der Waals surface area contributed by atoms with Gasteiger partial charge in [-0.25, -0.2) is 29.9 Å². The molecule has 0 saturated heterocycles. The van der Waals surface area contributed by atoms with E-state index in [-0.39, 0.29) is 0 Å². The van der Waals surface area contributed by atoms with Crippen molar-refractivity contribution in [1.82, 2.24) is 29.9 Å². The van der Waals surface area contributed by atoms with Crippen LogP contribution < -0.4 is 0 Å². The Balaban J connectivity index is 1.46. The highest BCUT2D eigenvalue weighted by molar-refractivity contribution is 7.22. The molecule has 0 aliphatic heterocycles. The van der Waals surface area contributed by atoms with Crippen LogP contribution in [0.25, 0.3) is 62.8 Å².